The Morgan fingerprint density at radius 2 is 2.21 bits per heavy atom. The normalized spacial score (nSPS) is 17.8. The molecule has 0 aliphatic carbocycles. The van der Waals surface area contributed by atoms with E-state index in [4.69, 9.17) is 4.74 Å². The zero-order valence-corrected chi connectivity index (χ0v) is 14.6. The molecule has 7 nitrogen and oxygen atoms in total. The van der Waals surface area contributed by atoms with Gasteiger partial charge in [-0.15, -0.1) is 0 Å². The summed E-state index contributed by atoms with van der Waals surface area (Å²) in [6.07, 6.45) is 3.52. The van der Waals surface area contributed by atoms with Crippen LogP contribution in [0, 0.1) is 0 Å². The molecule has 1 fully saturated rings. The smallest absolute Gasteiger partial charge is 0.337 e. The number of sulfonamides is 1. The van der Waals surface area contributed by atoms with E-state index in [1.54, 1.807) is 0 Å². The van der Waals surface area contributed by atoms with Crippen molar-refractivity contribution in [3.8, 4) is 0 Å². The molecule has 1 aliphatic rings. The monoisotopic (exact) mass is 356 g/mol. The number of rotatable bonds is 9. The average molecular weight is 356 g/mol. The van der Waals surface area contributed by atoms with Crippen molar-refractivity contribution in [1.82, 2.24) is 4.72 Å². The molecule has 0 saturated carbocycles. The molecule has 1 atom stereocenters. The number of unbranched alkanes of at least 4 members (excludes halogenated alkanes) is 1. The van der Waals surface area contributed by atoms with Crippen LogP contribution >= 0.6 is 0 Å². The van der Waals surface area contributed by atoms with Crippen LogP contribution in [0.2, 0.25) is 0 Å². The summed E-state index contributed by atoms with van der Waals surface area (Å²) in [5.41, 5.74) is 0.375. The van der Waals surface area contributed by atoms with Gasteiger partial charge in [-0.3, -0.25) is 0 Å². The maximum Gasteiger partial charge on any atom is 0.337 e. The predicted molar refractivity (Wildman–Crippen MR) is 91.0 cm³/mol. The summed E-state index contributed by atoms with van der Waals surface area (Å²) >= 11 is 0. The van der Waals surface area contributed by atoms with Gasteiger partial charge in [0.15, 0.2) is 0 Å². The molecule has 1 aromatic carbocycles. The lowest BCUT2D eigenvalue weighted by Gasteiger charge is -2.14. The SMILES string of the molecule is CCCCNc1ccc(S(=O)(=O)NCC2CCCO2)cc1C(=O)O. The fraction of sp³-hybridized carbons (Fsp3) is 0.562. The third-order valence-electron chi connectivity index (χ3n) is 3.90. The summed E-state index contributed by atoms with van der Waals surface area (Å²) in [6, 6.07) is 4.10. The third kappa shape index (κ3) is 4.93. The van der Waals surface area contributed by atoms with Crippen LogP contribution in [0.1, 0.15) is 43.0 Å². The first-order valence-corrected chi connectivity index (χ1v) is 9.65. The number of carbonyl (C=O) groups is 1. The summed E-state index contributed by atoms with van der Waals surface area (Å²) in [6.45, 7) is 3.52. The largest absolute Gasteiger partial charge is 0.478 e. The topological polar surface area (TPSA) is 105 Å². The van der Waals surface area contributed by atoms with Gasteiger partial charge in [-0.1, -0.05) is 13.3 Å². The molecule has 2 rings (SSSR count). The standard InChI is InChI=1S/C16H24N2O5S/c1-2-3-8-17-15-7-6-13(10-14(15)16(19)20)24(21,22)18-11-12-5-4-9-23-12/h6-7,10,12,17-18H,2-5,8-9,11H2,1H3,(H,19,20). The predicted octanol–water partition coefficient (Wildman–Crippen LogP) is 2.05. The van der Waals surface area contributed by atoms with E-state index in [2.05, 4.69) is 10.0 Å². The second-order valence-electron chi connectivity index (χ2n) is 5.78. The Balaban J connectivity index is 2.13. The molecular weight excluding hydrogens is 332 g/mol. The molecule has 1 saturated heterocycles. The van der Waals surface area contributed by atoms with Crippen LogP contribution in [0.15, 0.2) is 23.1 Å². The number of nitrogens with one attached hydrogen (secondary N) is 2. The van der Waals surface area contributed by atoms with Crippen molar-refractivity contribution in [2.45, 2.75) is 43.6 Å². The second-order valence-corrected chi connectivity index (χ2v) is 7.55. The lowest BCUT2D eigenvalue weighted by molar-refractivity contribution is 0.0697. The van der Waals surface area contributed by atoms with Gasteiger partial charge in [-0.25, -0.2) is 17.9 Å². The summed E-state index contributed by atoms with van der Waals surface area (Å²) in [5, 5.41) is 12.4. The molecule has 0 radical (unpaired) electrons. The highest BCUT2D eigenvalue weighted by molar-refractivity contribution is 7.89. The van der Waals surface area contributed by atoms with Crippen LogP contribution < -0.4 is 10.0 Å². The minimum atomic E-state index is -3.77. The first-order chi connectivity index (χ1) is 11.4. The third-order valence-corrected chi connectivity index (χ3v) is 5.32. The summed E-state index contributed by atoms with van der Waals surface area (Å²) in [4.78, 5) is 11.4. The van der Waals surface area contributed by atoms with E-state index in [-0.39, 0.29) is 23.1 Å². The lowest BCUT2D eigenvalue weighted by Crippen LogP contribution is -2.32. The molecule has 0 aromatic heterocycles. The zero-order chi connectivity index (χ0) is 17.6. The summed E-state index contributed by atoms with van der Waals surface area (Å²) in [5.74, 6) is -1.16. The number of anilines is 1. The van der Waals surface area contributed by atoms with Gasteiger partial charge >= 0.3 is 5.97 Å². The quantitative estimate of drug-likeness (QED) is 0.585. The van der Waals surface area contributed by atoms with Crippen molar-refractivity contribution in [3.05, 3.63) is 23.8 Å². The Labute approximate surface area is 142 Å². The highest BCUT2D eigenvalue weighted by Crippen LogP contribution is 2.21. The average Bonchev–Trinajstić information content (AvgIpc) is 3.07. The number of ether oxygens (including phenoxy) is 1. The molecule has 1 unspecified atom stereocenters. The minimum absolute atomic E-state index is 0.0499. The fourth-order valence-electron chi connectivity index (χ4n) is 2.51. The van der Waals surface area contributed by atoms with Gasteiger partial charge in [0.25, 0.3) is 0 Å². The summed E-state index contributed by atoms with van der Waals surface area (Å²) in [7, 11) is -3.77. The van der Waals surface area contributed by atoms with Crippen LogP contribution in [0.25, 0.3) is 0 Å². The van der Waals surface area contributed by atoms with Crippen molar-refractivity contribution in [3.63, 3.8) is 0 Å². The molecule has 134 valence electrons. The van der Waals surface area contributed by atoms with Crippen LogP contribution in [0.3, 0.4) is 0 Å². The van der Waals surface area contributed by atoms with Crippen molar-refractivity contribution in [1.29, 1.82) is 0 Å². The fourth-order valence-corrected chi connectivity index (χ4v) is 3.60. The van der Waals surface area contributed by atoms with Crippen LogP contribution in [0.4, 0.5) is 5.69 Å². The Morgan fingerprint density at radius 3 is 2.83 bits per heavy atom. The maximum absolute atomic E-state index is 12.4. The number of carboxylic acid groups (broad SMARTS) is 1. The molecule has 1 aliphatic heterocycles. The van der Waals surface area contributed by atoms with Gasteiger partial charge in [0.1, 0.15) is 0 Å². The molecule has 8 heteroatoms. The summed E-state index contributed by atoms with van der Waals surface area (Å²) < 4.78 is 32.6. The van der Waals surface area contributed by atoms with E-state index in [1.807, 2.05) is 6.92 Å². The van der Waals surface area contributed by atoms with E-state index < -0.39 is 16.0 Å². The zero-order valence-electron chi connectivity index (χ0n) is 13.7. The number of benzene rings is 1. The Kier molecular flexibility index (Phi) is 6.59. The lowest BCUT2D eigenvalue weighted by atomic mass is 10.1. The van der Waals surface area contributed by atoms with Gasteiger partial charge in [-0.05, 0) is 37.5 Å². The molecule has 0 bridgehead atoms. The van der Waals surface area contributed by atoms with Crippen molar-refractivity contribution in [2.75, 3.05) is 25.0 Å². The van der Waals surface area contributed by atoms with Crippen LogP contribution in [-0.2, 0) is 14.8 Å². The first-order valence-electron chi connectivity index (χ1n) is 8.16. The van der Waals surface area contributed by atoms with E-state index in [9.17, 15) is 18.3 Å². The molecule has 0 spiro atoms. The Bertz CT molecular complexity index is 669. The van der Waals surface area contributed by atoms with Crippen LogP contribution in [0.5, 0.6) is 0 Å². The highest BCUT2D eigenvalue weighted by Gasteiger charge is 2.22. The van der Waals surface area contributed by atoms with Crippen molar-refractivity contribution in [2.24, 2.45) is 0 Å². The van der Waals surface area contributed by atoms with Gasteiger partial charge in [-0.2, -0.15) is 0 Å². The number of hydrogen-bond donors (Lipinski definition) is 3. The highest BCUT2D eigenvalue weighted by atomic mass is 32.2. The Morgan fingerprint density at radius 1 is 1.42 bits per heavy atom. The van der Waals surface area contributed by atoms with E-state index >= 15 is 0 Å². The molecule has 1 aromatic rings. The number of aromatic carboxylic acids is 1. The molecule has 1 heterocycles. The second kappa shape index (κ2) is 8.46. The van der Waals surface area contributed by atoms with Crippen LogP contribution in [-0.4, -0.2) is 45.3 Å². The van der Waals surface area contributed by atoms with Gasteiger partial charge in [0, 0.05) is 25.4 Å². The number of hydrogen-bond acceptors (Lipinski definition) is 5. The van der Waals surface area contributed by atoms with Gasteiger partial charge in [0.2, 0.25) is 10.0 Å². The molecular formula is C16H24N2O5S. The first kappa shape index (κ1) is 18.7. The van der Waals surface area contributed by atoms with Crippen molar-refractivity contribution < 1.29 is 23.1 Å². The molecule has 3 N–H and O–H groups in total. The Hall–Kier alpha value is -1.64. The van der Waals surface area contributed by atoms with E-state index in [1.165, 1.54) is 18.2 Å². The molecule has 24 heavy (non-hydrogen) atoms. The minimum Gasteiger partial charge on any atom is -0.478 e. The van der Waals surface area contributed by atoms with E-state index in [0.717, 1.165) is 25.7 Å². The van der Waals surface area contributed by atoms with Gasteiger partial charge < -0.3 is 15.2 Å². The molecule has 0 amide bonds. The van der Waals surface area contributed by atoms with E-state index in [0.29, 0.717) is 18.8 Å². The van der Waals surface area contributed by atoms with Crippen molar-refractivity contribution >= 4 is 21.7 Å². The number of carboxylic acids is 1. The maximum atomic E-state index is 12.4. The van der Waals surface area contributed by atoms with Gasteiger partial charge in [0.05, 0.1) is 16.6 Å².